The van der Waals surface area contributed by atoms with Gasteiger partial charge in [0, 0.05) is 11.6 Å². The second-order valence-corrected chi connectivity index (χ2v) is 4.92. The van der Waals surface area contributed by atoms with Crippen LogP contribution < -0.4 is 5.73 Å². The first-order chi connectivity index (χ1) is 10.1. The van der Waals surface area contributed by atoms with Gasteiger partial charge in [0.2, 0.25) is 0 Å². The summed E-state index contributed by atoms with van der Waals surface area (Å²) >= 11 is 0. The van der Waals surface area contributed by atoms with Crippen molar-refractivity contribution < 1.29 is 9.18 Å². The predicted molar refractivity (Wildman–Crippen MR) is 80.4 cm³/mol. The van der Waals surface area contributed by atoms with Crippen molar-refractivity contribution in [3.05, 3.63) is 65.7 Å². The first kappa shape index (κ1) is 13.2. The van der Waals surface area contributed by atoms with E-state index >= 15 is 0 Å². The SMILES string of the molecule is Cc1ccc(F)cc1-c1ccc2ccnc(C(N)=O)c2c1. The molecule has 1 heterocycles. The Kier molecular flexibility index (Phi) is 3.14. The maximum absolute atomic E-state index is 13.5. The van der Waals surface area contributed by atoms with Crippen LogP contribution in [0.3, 0.4) is 0 Å². The molecule has 0 saturated heterocycles. The van der Waals surface area contributed by atoms with Crippen LogP contribution in [0.15, 0.2) is 48.7 Å². The number of carbonyl (C=O) groups excluding carboxylic acids is 1. The summed E-state index contributed by atoms with van der Waals surface area (Å²) in [7, 11) is 0. The Labute approximate surface area is 121 Å². The smallest absolute Gasteiger partial charge is 0.267 e. The Morgan fingerprint density at radius 2 is 1.95 bits per heavy atom. The number of carbonyl (C=O) groups is 1. The summed E-state index contributed by atoms with van der Waals surface area (Å²) in [5.74, 6) is -0.870. The van der Waals surface area contributed by atoms with Gasteiger partial charge in [-0.05, 0) is 53.3 Å². The summed E-state index contributed by atoms with van der Waals surface area (Å²) < 4.78 is 13.5. The van der Waals surface area contributed by atoms with E-state index < -0.39 is 5.91 Å². The van der Waals surface area contributed by atoms with Crippen molar-refractivity contribution in [1.82, 2.24) is 4.98 Å². The van der Waals surface area contributed by atoms with Gasteiger partial charge in [-0.1, -0.05) is 18.2 Å². The van der Waals surface area contributed by atoms with E-state index in [4.69, 9.17) is 5.73 Å². The first-order valence-corrected chi connectivity index (χ1v) is 6.51. The summed E-state index contributed by atoms with van der Waals surface area (Å²) in [6.45, 7) is 1.91. The van der Waals surface area contributed by atoms with Crippen molar-refractivity contribution in [3.63, 3.8) is 0 Å². The number of rotatable bonds is 2. The van der Waals surface area contributed by atoms with Crippen LogP contribution >= 0.6 is 0 Å². The zero-order valence-corrected chi connectivity index (χ0v) is 11.4. The Morgan fingerprint density at radius 1 is 1.14 bits per heavy atom. The van der Waals surface area contributed by atoms with E-state index in [1.54, 1.807) is 12.3 Å². The molecule has 0 spiro atoms. The zero-order valence-electron chi connectivity index (χ0n) is 11.4. The molecule has 2 N–H and O–H groups in total. The largest absolute Gasteiger partial charge is 0.364 e. The number of amides is 1. The third-order valence-corrected chi connectivity index (χ3v) is 3.51. The molecule has 0 aliphatic rings. The van der Waals surface area contributed by atoms with E-state index in [0.29, 0.717) is 5.39 Å². The lowest BCUT2D eigenvalue weighted by molar-refractivity contribution is 0.0997. The zero-order chi connectivity index (χ0) is 15.0. The van der Waals surface area contributed by atoms with E-state index in [1.165, 1.54) is 12.1 Å². The molecule has 3 nitrogen and oxygen atoms in total. The van der Waals surface area contributed by atoms with Crippen molar-refractivity contribution in [2.24, 2.45) is 5.73 Å². The molecule has 0 unspecified atom stereocenters. The third-order valence-electron chi connectivity index (χ3n) is 3.51. The molecular weight excluding hydrogens is 267 g/mol. The fourth-order valence-corrected chi connectivity index (χ4v) is 2.44. The molecule has 0 fully saturated rings. The van der Waals surface area contributed by atoms with Crippen LogP contribution in [0.5, 0.6) is 0 Å². The topological polar surface area (TPSA) is 56.0 Å². The van der Waals surface area contributed by atoms with Crippen LogP contribution in [0.25, 0.3) is 21.9 Å². The fourth-order valence-electron chi connectivity index (χ4n) is 2.44. The summed E-state index contributed by atoms with van der Waals surface area (Å²) in [5, 5.41) is 1.54. The molecule has 0 saturated carbocycles. The lowest BCUT2D eigenvalue weighted by Gasteiger charge is -2.09. The monoisotopic (exact) mass is 280 g/mol. The van der Waals surface area contributed by atoms with E-state index in [0.717, 1.165) is 22.1 Å². The molecule has 0 aliphatic heterocycles. The van der Waals surface area contributed by atoms with E-state index in [-0.39, 0.29) is 11.5 Å². The Morgan fingerprint density at radius 3 is 2.71 bits per heavy atom. The van der Waals surface area contributed by atoms with Crippen LogP contribution in [-0.2, 0) is 0 Å². The highest BCUT2D eigenvalue weighted by Crippen LogP contribution is 2.28. The lowest BCUT2D eigenvalue weighted by atomic mass is 9.97. The van der Waals surface area contributed by atoms with Gasteiger partial charge >= 0.3 is 0 Å². The van der Waals surface area contributed by atoms with Gasteiger partial charge in [0.25, 0.3) is 5.91 Å². The van der Waals surface area contributed by atoms with Crippen LogP contribution in [0.1, 0.15) is 16.1 Å². The lowest BCUT2D eigenvalue weighted by Crippen LogP contribution is -2.13. The molecule has 3 aromatic rings. The number of fused-ring (bicyclic) bond motifs is 1. The van der Waals surface area contributed by atoms with Crippen LogP contribution in [0, 0.1) is 12.7 Å². The summed E-state index contributed by atoms with van der Waals surface area (Å²) in [6, 6.07) is 12.0. The molecule has 0 bridgehead atoms. The van der Waals surface area contributed by atoms with Crippen molar-refractivity contribution in [3.8, 4) is 11.1 Å². The van der Waals surface area contributed by atoms with Gasteiger partial charge in [-0.2, -0.15) is 0 Å². The van der Waals surface area contributed by atoms with Gasteiger partial charge in [0.1, 0.15) is 11.5 Å². The molecule has 1 amide bonds. The number of pyridine rings is 1. The quantitative estimate of drug-likeness (QED) is 0.781. The first-order valence-electron chi connectivity index (χ1n) is 6.51. The summed E-state index contributed by atoms with van der Waals surface area (Å²) in [5.41, 5.74) is 8.16. The highest BCUT2D eigenvalue weighted by Gasteiger charge is 2.10. The average molecular weight is 280 g/mol. The second-order valence-electron chi connectivity index (χ2n) is 4.92. The van der Waals surface area contributed by atoms with Crippen molar-refractivity contribution >= 4 is 16.7 Å². The van der Waals surface area contributed by atoms with E-state index in [9.17, 15) is 9.18 Å². The van der Waals surface area contributed by atoms with Gasteiger partial charge in [0.05, 0.1) is 0 Å². The summed E-state index contributed by atoms with van der Waals surface area (Å²) in [4.78, 5) is 15.5. The van der Waals surface area contributed by atoms with Gasteiger partial charge in [-0.15, -0.1) is 0 Å². The Balaban J connectivity index is 2.28. The van der Waals surface area contributed by atoms with Crippen molar-refractivity contribution in [2.45, 2.75) is 6.92 Å². The number of aryl methyl sites for hydroxylation is 1. The minimum absolute atomic E-state index is 0.225. The second kappa shape index (κ2) is 4.98. The molecule has 0 aliphatic carbocycles. The van der Waals surface area contributed by atoms with Gasteiger partial charge in [0.15, 0.2) is 0 Å². The number of nitrogens with zero attached hydrogens (tertiary/aromatic N) is 1. The number of benzene rings is 2. The molecule has 21 heavy (non-hydrogen) atoms. The molecule has 2 aromatic carbocycles. The number of hydrogen-bond donors (Lipinski definition) is 1. The predicted octanol–water partition coefficient (Wildman–Crippen LogP) is 3.45. The standard InChI is InChI=1S/C17H13FN2O/c1-10-2-5-13(18)9-14(10)12-4-3-11-6-7-20-16(17(19)21)15(11)8-12/h2-9H,1H3,(H2,19,21). The molecule has 104 valence electrons. The number of nitrogens with two attached hydrogens (primary N) is 1. The van der Waals surface area contributed by atoms with Crippen molar-refractivity contribution in [1.29, 1.82) is 0 Å². The molecule has 1 aromatic heterocycles. The minimum atomic E-state index is -0.575. The fraction of sp³-hybridized carbons (Fsp3) is 0.0588. The maximum atomic E-state index is 13.5. The minimum Gasteiger partial charge on any atom is -0.364 e. The normalized spacial score (nSPS) is 10.8. The number of halogens is 1. The van der Waals surface area contributed by atoms with Crippen molar-refractivity contribution in [2.75, 3.05) is 0 Å². The number of primary amides is 1. The molecule has 0 atom stereocenters. The molecule has 4 heteroatoms. The van der Waals surface area contributed by atoms with Crippen LogP contribution in [0.2, 0.25) is 0 Å². The highest BCUT2D eigenvalue weighted by atomic mass is 19.1. The Hall–Kier alpha value is -2.75. The van der Waals surface area contributed by atoms with Gasteiger partial charge in [-0.3, -0.25) is 9.78 Å². The van der Waals surface area contributed by atoms with Gasteiger partial charge < -0.3 is 5.73 Å². The summed E-state index contributed by atoms with van der Waals surface area (Å²) in [6.07, 6.45) is 1.55. The maximum Gasteiger partial charge on any atom is 0.267 e. The molecule has 3 rings (SSSR count). The third kappa shape index (κ3) is 2.36. The molecular formula is C17H13FN2O. The Bertz CT molecular complexity index is 859. The van der Waals surface area contributed by atoms with Gasteiger partial charge in [-0.25, -0.2) is 4.39 Å². The van der Waals surface area contributed by atoms with E-state index in [1.807, 2.05) is 31.2 Å². The van der Waals surface area contributed by atoms with Crippen LogP contribution in [-0.4, -0.2) is 10.9 Å². The average Bonchev–Trinajstić information content (AvgIpc) is 2.48. The molecule has 0 radical (unpaired) electrons. The number of hydrogen-bond acceptors (Lipinski definition) is 2. The number of aromatic nitrogens is 1. The highest BCUT2D eigenvalue weighted by molar-refractivity contribution is 6.05. The van der Waals surface area contributed by atoms with E-state index in [2.05, 4.69) is 4.98 Å². The van der Waals surface area contributed by atoms with Crippen LogP contribution in [0.4, 0.5) is 4.39 Å².